The summed E-state index contributed by atoms with van der Waals surface area (Å²) in [6.07, 6.45) is 0.613. The van der Waals surface area contributed by atoms with Crippen molar-refractivity contribution in [3.05, 3.63) is 47.3 Å². The molecule has 122 valence electrons. The minimum atomic E-state index is -3.62. The molecule has 0 aliphatic carbocycles. The van der Waals surface area contributed by atoms with Crippen LogP contribution in [-0.2, 0) is 21.2 Å². The quantitative estimate of drug-likeness (QED) is 0.817. The Balaban J connectivity index is 1.44. The van der Waals surface area contributed by atoms with Gasteiger partial charge >= 0.3 is 0 Å². The van der Waals surface area contributed by atoms with E-state index in [-0.39, 0.29) is 22.8 Å². The van der Waals surface area contributed by atoms with Gasteiger partial charge in [-0.25, -0.2) is 13.1 Å². The average molecular weight is 352 g/mol. The smallest absolute Gasteiger partial charge is 0.250 e. The first-order chi connectivity index (χ1) is 11.0. The highest BCUT2D eigenvalue weighted by Crippen LogP contribution is 2.27. The van der Waals surface area contributed by atoms with Crippen LogP contribution in [0.2, 0.25) is 0 Å². The molecule has 1 aliphatic heterocycles. The molecule has 2 aromatic rings. The van der Waals surface area contributed by atoms with E-state index in [1.807, 2.05) is 24.3 Å². The lowest BCUT2D eigenvalue weighted by atomic mass is 10.1. The van der Waals surface area contributed by atoms with Crippen LogP contribution in [0.25, 0.3) is 0 Å². The molecule has 0 saturated carbocycles. The van der Waals surface area contributed by atoms with Gasteiger partial charge in [0.1, 0.15) is 16.1 Å². The number of ether oxygens (including phenoxy) is 1. The number of carbonyl (C=O) groups is 1. The number of sulfonamides is 1. The number of hydrogen-bond donors (Lipinski definition) is 2. The molecule has 0 spiro atoms. The summed E-state index contributed by atoms with van der Waals surface area (Å²) in [6.45, 7) is 0.0497. The zero-order chi connectivity index (χ0) is 16.3. The van der Waals surface area contributed by atoms with Crippen LogP contribution in [-0.4, -0.2) is 33.5 Å². The Morgan fingerprint density at radius 1 is 1.26 bits per heavy atom. The first-order valence-corrected chi connectivity index (χ1v) is 9.45. The maximum absolute atomic E-state index is 11.9. The SMILES string of the molecule is O=C(CNS(=O)(=O)c1cccs1)NC[C@H]1Cc2ccccc2O1. The van der Waals surface area contributed by atoms with Crippen molar-refractivity contribution >= 4 is 27.3 Å². The van der Waals surface area contributed by atoms with Crippen molar-refractivity contribution < 1.29 is 17.9 Å². The molecule has 3 rings (SSSR count). The van der Waals surface area contributed by atoms with Crippen LogP contribution in [0.15, 0.2) is 46.0 Å². The second-order valence-corrected chi connectivity index (χ2v) is 8.05. The van der Waals surface area contributed by atoms with Gasteiger partial charge in [0, 0.05) is 6.42 Å². The van der Waals surface area contributed by atoms with E-state index in [0.29, 0.717) is 6.54 Å². The molecule has 0 radical (unpaired) electrons. The zero-order valence-electron chi connectivity index (χ0n) is 12.2. The fourth-order valence-corrected chi connectivity index (χ4v) is 4.33. The van der Waals surface area contributed by atoms with E-state index in [2.05, 4.69) is 10.0 Å². The van der Waals surface area contributed by atoms with E-state index in [1.54, 1.807) is 11.4 Å². The summed E-state index contributed by atoms with van der Waals surface area (Å²) in [5.41, 5.74) is 1.12. The fraction of sp³-hybridized carbons (Fsp3) is 0.267. The van der Waals surface area contributed by atoms with Crippen molar-refractivity contribution in [2.45, 2.75) is 16.7 Å². The minimum Gasteiger partial charge on any atom is -0.488 e. The fourth-order valence-electron chi connectivity index (χ4n) is 2.31. The van der Waals surface area contributed by atoms with Crippen LogP contribution in [0.4, 0.5) is 0 Å². The van der Waals surface area contributed by atoms with E-state index in [4.69, 9.17) is 4.74 Å². The molecule has 0 fully saturated rings. The van der Waals surface area contributed by atoms with Crippen molar-refractivity contribution in [1.29, 1.82) is 0 Å². The summed E-state index contributed by atoms with van der Waals surface area (Å²) >= 11 is 1.11. The predicted octanol–water partition coefficient (Wildman–Crippen LogP) is 1.15. The van der Waals surface area contributed by atoms with Crippen LogP contribution < -0.4 is 14.8 Å². The Hall–Kier alpha value is -1.90. The molecule has 1 aromatic carbocycles. The van der Waals surface area contributed by atoms with E-state index in [9.17, 15) is 13.2 Å². The molecule has 0 bridgehead atoms. The van der Waals surface area contributed by atoms with Gasteiger partial charge in [-0.15, -0.1) is 11.3 Å². The van der Waals surface area contributed by atoms with Gasteiger partial charge in [0.05, 0.1) is 13.1 Å². The third-order valence-corrected chi connectivity index (χ3v) is 6.22. The summed E-state index contributed by atoms with van der Waals surface area (Å²) in [6, 6.07) is 10.9. The summed E-state index contributed by atoms with van der Waals surface area (Å²) in [7, 11) is -3.62. The molecule has 6 nitrogen and oxygen atoms in total. The molecule has 1 aromatic heterocycles. The third-order valence-electron chi connectivity index (χ3n) is 3.42. The van der Waals surface area contributed by atoms with Crippen molar-refractivity contribution in [2.24, 2.45) is 0 Å². The monoisotopic (exact) mass is 352 g/mol. The number of amides is 1. The molecule has 1 amide bonds. The first kappa shape index (κ1) is 16.0. The lowest BCUT2D eigenvalue weighted by Gasteiger charge is -2.12. The first-order valence-electron chi connectivity index (χ1n) is 7.09. The van der Waals surface area contributed by atoms with Gasteiger partial charge in [-0.1, -0.05) is 24.3 Å². The number of benzene rings is 1. The third kappa shape index (κ3) is 3.90. The van der Waals surface area contributed by atoms with Crippen LogP contribution in [0.1, 0.15) is 5.56 Å². The number of rotatable bonds is 6. The average Bonchev–Trinajstić information content (AvgIpc) is 3.20. The number of carbonyl (C=O) groups excluding carboxylic acids is 1. The van der Waals surface area contributed by atoms with E-state index in [0.717, 1.165) is 29.1 Å². The van der Waals surface area contributed by atoms with Gasteiger partial charge in [-0.2, -0.15) is 0 Å². The molecule has 1 atom stereocenters. The van der Waals surface area contributed by atoms with E-state index < -0.39 is 10.0 Å². The zero-order valence-corrected chi connectivity index (χ0v) is 13.8. The number of hydrogen-bond acceptors (Lipinski definition) is 5. The molecular formula is C15H16N2O4S2. The summed E-state index contributed by atoms with van der Waals surface area (Å²) in [5, 5.41) is 4.36. The number of nitrogens with one attached hydrogen (secondary N) is 2. The molecule has 1 aliphatic rings. The van der Waals surface area contributed by atoms with Crippen LogP contribution in [0.5, 0.6) is 5.75 Å². The van der Waals surface area contributed by atoms with Crippen molar-refractivity contribution in [1.82, 2.24) is 10.0 Å². The summed E-state index contributed by atoms with van der Waals surface area (Å²) < 4.78 is 32.0. The van der Waals surface area contributed by atoms with Gasteiger partial charge in [0.25, 0.3) is 10.0 Å². The standard InChI is InChI=1S/C15H16N2O4S2/c18-14(10-17-23(19,20)15-6-3-7-22-15)16-9-12-8-11-4-1-2-5-13(11)21-12/h1-7,12,17H,8-10H2,(H,16,18)/t12-/m1/s1. The second-order valence-electron chi connectivity index (χ2n) is 5.11. The normalized spacial score (nSPS) is 16.6. The Morgan fingerprint density at radius 2 is 2.09 bits per heavy atom. The Bertz CT molecular complexity index is 763. The minimum absolute atomic E-state index is 0.120. The second kappa shape index (κ2) is 6.69. The largest absolute Gasteiger partial charge is 0.488 e. The molecule has 2 N–H and O–H groups in total. The number of thiophene rings is 1. The van der Waals surface area contributed by atoms with E-state index in [1.165, 1.54) is 6.07 Å². The Kier molecular flexibility index (Phi) is 4.65. The topological polar surface area (TPSA) is 84.5 Å². The van der Waals surface area contributed by atoms with Gasteiger partial charge in [-0.05, 0) is 23.1 Å². The van der Waals surface area contributed by atoms with Gasteiger partial charge in [0.2, 0.25) is 5.91 Å². The molecule has 2 heterocycles. The van der Waals surface area contributed by atoms with Crippen molar-refractivity contribution in [3.63, 3.8) is 0 Å². The molecule has 23 heavy (non-hydrogen) atoms. The molecule has 8 heteroatoms. The van der Waals surface area contributed by atoms with Crippen molar-refractivity contribution in [3.8, 4) is 5.75 Å². The van der Waals surface area contributed by atoms with Gasteiger partial charge < -0.3 is 10.1 Å². The lowest BCUT2D eigenvalue weighted by Crippen LogP contribution is -2.40. The van der Waals surface area contributed by atoms with E-state index >= 15 is 0 Å². The van der Waals surface area contributed by atoms with Crippen LogP contribution in [0, 0.1) is 0 Å². The highest BCUT2D eigenvalue weighted by atomic mass is 32.2. The molecule has 0 unspecified atom stereocenters. The maximum Gasteiger partial charge on any atom is 0.250 e. The molecular weight excluding hydrogens is 336 g/mol. The Labute approximate surface area is 138 Å². The van der Waals surface area contributed by atoms with Crippen LogP contribution >= 0.6 is 11.3 Å². The number of fused-ring (bicyclic) bond motifs is 1. The summed E-state index contributed by atoms with van der Waals surface area (Å²) in [4.78, 5) is 11.8. The predicted molar refractivity (Wildman–Crippen MR) is 87.1 cm³/mol. The van der Waals surface area contributed by atoms with Gasteiger partial charge in [0.15, 0.2) is 0 Å². The summed E-state index contributed by atoms with van der Waals surface area (Å²) in [5.74, 6) is 0.454. The van der Waals surface area contributed by atoms with Gasteiger partial charge in [-0.3, -0.25) is 4.79 Å². The maximum atomic E-state index is 11.9. The molecule has 0 saturated heterocycles. The van der Waals surface area contributed by atoms with Crippen LogP contribution in [0.3, 0.4) is 0 Å². The highest BCUT2D eigenvalue weighted by molar-refractivity contribution is 7.91. The van der Waals surface area contributed by atoms with Crippen molar-refractivity contribution in [2.75, 3.05) is 13.1 Å². The lowest BCUT2D eigenvalue weighted by molar-refractivity contribution is -0.120. The Morgan fingerprint density at radius 3 is 2.83 bits per heavy atom. The highest BCUT2D eigenvalue weighted by Gasteiger charge is 2.23. The number of para-hydroxylation sites is 1.